The van der Waals surface area contributed by atoms with Gasteiger partial charge in [-0.3, -0.25) is 0 Å². The zero-order valence-corrected chi connectivity index (χ0v) is 13.6. The van der Waals surface area contributed by atoms with Crippen molar-refractivity contribution in [1.82, 2.24) is 0 Å². The van der Waals surface area contributed by atoms with Crippen molar-refractivity contribution in [2.45, 2.75) is 70.6 Å². The highest BCUT2D eigenvalue weighted by Gasteiger charge is 2.56. The minimum atomic E-state index is 1.17. The minimum Gasteiger partial charge on any atom is -0.0502 e. The fourth-order valence-corrected chi connectivity index (χ4v) is 9.08. The highest BCUT2D eigenvalue weighted by Crippen LogP contribution is 2.65. The molecule has 6 rings (SSSR count). The highest BCUT2D eigenvalue weighted by molar-refractivity contribution is 5.06. The lowest BCUT2D eigenvalue weighted by atomic mass is 9.64. The second kappa shape index (κ2) is 4.30. The molecule has 0 aromatic heterocycles. The van der Waals surface area contributed by atoms with Crippen LogP contribution in [0.1, 0.15) is 70.6 Å². The molecule has 6 aliphatic rings. The lowest BCUT2D eigenvalue weighted by molar-refractivity contribution is 0.0755. The number of fused-ring (bicyclic) bond motifs is 6. The third-order valence-electron chi connectivity index (χ3n) is 9.60. The van der Waals surface area contributed by atoms with Crippen LogP contribution in [0, 0.1) is 59.2 Å². The van der Waals surface area contributed by atoms with Gasteiger partial charge in [0.05, 0.1) is 0 Å². The maximum absolute atomic E-state index is 1.66. The first-order valence-electron chi connectivity index (χ1n) is 10.3. The summed E-state index contributed by atoms with van der Waals surface area (Å²) in [6.07, 6.45) is 18.0. The van der Waals surface area contributed by atoms with Crippen molar-refractivity contribution >= 4 is 0 Å². The number of hydrogen-bond donors (Lipinski definition) is 0. The summed E-state index contributed by atoms with van der Waals surface area (Å²) < 4.78 is 0. The molecule has 6 saturated carbocycles. The van der Waals surface area contributed by atoms with Crippen LogP contribution in [0.25, 0.3) is 0 Å². The van der Waals surface area contributed by atoms with E-state index in [9.17, 15) is 0 Å². The lowest BCUT2D eigenvalue weighted by Gasteiger charge is -2.41. The molecule has 0 aromatic rings. The summed E-state index contributed by atoms with van der Waals surface area (Å²) in [5.41, 5.74) is 0. The van der Waals surface area contributed by atoms with E-state index in [1.807, 2.05) is 0 Å². The normalized spacial score (nSPS) is 64.0. The van der Waals surface area contributed by atoms with Gasteiger partial charge in [0.2, 0.25) is 0 Å². The van der Waals surface area contributed by atoms with Crippen LogP contribution >= 0.6 is 0 Å². The van der Waals surface area contributed by atoms with Gasteiger partial charge >= 0.3 is 0 Å². The summed E-state index contributed by atoms with van der Waals surface area (Å²) in [6, 6.07) is 0. The predicted molar refractivity (Wildman–Crippen MR) is 85.7 cm³/mol. The molecule has 116 valence electrons. The molecule has 0 aromatic carbocycles. The topological polar surface area (TPSA) is 0 Å². The molecule has 0 saturated heterocycles. The average molecular weight is 284 g/mol. The van der Waals surface area contributed by atoms with Gasteiger partial charge < -0.3 is 0 Å². The Labute approximate surface area is 130 Å². The number of hydrogen-bond acceptors (Lipinski definition) is 0. The van der Waals surface area contributed by atoms with Gasteiger partial charge in [-0.05, 0) is 117 Å². The van der Waals surface area contributed by atoms with E-state index in [1.165, 1.54) is 59.2 Å². The van der Waals surface area contributed by atoms with Crippen LogP contribution in [0.15, 0.2) is 0 Å². The van der Waals surface area contributed by atoms with E-state index in [4.69, 9.17) is 0 Å². The predicted octanol–water partition coefficient (Wildman–Crippen LogP) is 5.52. The maximum Gasteiger partial charge on any atom is -0.0349 e. The quantitative estimate of drug-likeness (QED) is 0.626. The van der Waals surface area contributed by atoms with Crippen molar-refractivity contribution in [3.05, 3.63) is 0 Å². The van der Waals surface area contributed by atoms with Gasteiger partial charge in [-0.15, -0.1) is 0 Å². The summed E-state index contributed by atoms with van der Waals surface area (Å²) in [5.74, 6) is 11.8. The van der Waals surface area contributed by atoms with E-state index in [1.54, 1.807) is 70.6 Å². The standard InChI is InChI=1S/C21H32/c1-3-15-5-12(1)7-17(15)19-9-14-10-20(21(19)11-14)18-8-13-2-4-16(18)6-13/h12-21H,1-11H2. The second-order valence-electron chi connectivity index (χ2n) is 10.2. The summed E-state index contributed by atoms with van der Waals surface area (Å²) in [5, 5.41) is 0. The molecule has 0 N–H and O–H groups in total. The van der Waals surface area contributed by atoms with Gasteiger partial charge in [0.1, 0.15) is 0 Å². The summed E-state index contributed by atoms with van der Waals surface area (Å²) in [4.78, 5) is 0. The van der Waals surface area contributed by atoms with Gasteiger partial charge in [-0.1, -0.05) is 12.8 Å². The highest BCUT2D eigenvalue weighted by atomic mass is 14.6. The fourth-order valence-electron chi connectivity index (χ4n) is 9.08. The van der Waals surface area contributed by atoms with Crippen molar-refractivity contribution in [1.29, 1.82) is 0 Å². The van der Waals surface area contributed by atoms with Crippen molar-refractivity contribution in [3.8, 4) is 0 Å². The van der Waals surface area contributed by atoms with E-state index in [0.29, 0.717) is 0 Å². The molecule has 6 bridgehead atoms. The van der Waals surface area contributed by atoms with Gasteiger partial charge in [0.25, 0.3) is 0 Å². The Kier molecular flexibility index (Phi) is 2.54. The average Bonchev–Trinajstić information content (AvgIpc) is 3.33. The Morgan fingerprint density at radius 3 is 1.10 bits per heavy atom. The molecule has 8 atom stereocenters. The first-order valence-corrected chi connectivity index (χ1v) is 10.3. The van der Waals surface area contributed by atoms with E-state index in [0.717, 1.165) is 0 Å². The first-order chi connectivity index (χ1) is 10.3. The summed E-state index contributed by atoms with van der Waals surface area (Å²) in [7, 11) is 0. The molecule has 21 heavy (non-hydrogen) atoms. The van der Waals surface area contributed by atoms with Crippen LogP contribution in [0.3, 0.4) is 0 Å². The smallest absolute Gasteiger partial charge is 0.0349 e. The third kappa shape index (κ3) is 1.69. The SMILES string of the molecule is C1CC2CC1CC2C1CC2CC(C3CC4CCC3C4)C1C2. The van der Waals surface area contributed by atoms with Crippen LogP contribution in [-0.4, -0.2) is 0 Å². The van der Waals surface area contributed by atoms with Gasteiger partial charge in [0, 0.05) is 0 Å². The van der Waals surface area contributed by atoms with Crippen molar-refractivity contribution in [2.75, 3.05) is 0 Å². The molecule has 0 amide bonds. The summed E-state index contributed by atoms with van der Waals surface area (Å²) in [6.45, 7) is 0. The maximum atomic E-state index is 1.66. The zero-order valence-electron chi connectivity index (χ0n) is 13.6. The number of rotatable bonds is 2. The van der Waals surface area contributed by atoms with E-state index in [-0.39, 0.29) is 0 Å². The van der Waals surface area contributed by atoms with E-state index >= 15 is 0 Å². The lowest BCUT2D eigenvalue weighted by Crippen LogP contribution is -2.34. The second-order valence-corrected chi connectivity index (χ2v) is 10.2. The van der Waals surface area contributed by atoms with Crippen LogP contribution in [0.4, 0.5) is 0 Å². The molecular formula is C21H32. The van der Waals surface area contributed by atoms with E-state index < -0.39 is 0 Å². The molecule has 0 heterocycles. The molecule has 0 spiro atoms. The molecular weight excluding hydrogens is 252 g/mol. The molecule has 0 heteroatoms. The molecule has 0 radical (unpaired) electrons. The van der Waals surface area contributed by atoms with Crippen LogP contribution < -0.4 is 0 Å². The van der Waals surface area contributed by atoms with Gasteiger partial charge in [0.15, 0.2) is 0 Å². The Morgan fingerprint density at radius 1 is 0.333 bits per heavy atom. The zero-order chi connectivity index (χ0) is 13.6. The Morgan fingerprint density at radius 2 is 0.762 bits per heavy atom. The summed E-state index contributed by atoms with van der Waals surface area (Å²) >= 11 is 0. The minimum absolute atomic E-state index is 1.17. The van der Waals surface area contributed by atoms with Crippen molar-refractivity contribution in [3.63, 3.8) is 0 Å². The Balaban J connectivity index is 1.23. The van der Waals surface area contributed by atoms with Crippen molar-refractivity contribution in [2.24, 2.45) is 59.2 Å². The van der Waals surface area contributed by atoms with Gasteiger partial charge in [-0.2, -0.15) is 0 Å². The molecule has 6 aliphatic carbocycles. The van der Waals surface area contributed by atoms with Crippen LogP contribution in [0.5, 0.6) is 0 Å². The van der Waals surface area contributed by atoms with Crippen LogP contribution in [-0.2, 0) is 0 Å². The third-order valence-corrected chi connectivity index (χ3v) is 9.60. The van der Waals surface area contributed by atoms with Crippen LogP contribution in [0.2, 0.25) is 0 Å². The first kappa shape index (κ1) is 12.4. The molecule has 8 unspecified atom stereocenters. The largest absolute Gasteiger partial charge is 0.0502 e. The fraction of sp³-hybridized carbons (Fsp3) is 1.00. The monoisotopic (exact) mass is 284 g/mol. The molecule has 0 aliphatic heterocycles. The molecule has 6 fully saturated rings. The molecule has 0 nitrogen and oxygen atoms in total. The van der Waals surface area contributed by atoms with Gasteiger partial charge in [-0.25, -0.2) is 0 Å². The Hall–Kier alpha value is 0. The van der Waals surface area contributed by atoms with Crippen molar-refractivity contribution < 1.29 is 0 Å². The Bertz CT molecular complexity index is 401. The van der Waals surface area contributed by atoms with E-state index in [2.05, 4.69) is 0 Å².